The van der Waals surface area contributed by atoms with Gasteiger partial charge in [0.1, 0.15) is 5.65 Å². The minimum Gasteiger partial charge on any atom is -0.462 e. The van der Waals surface area contributed by atoms with E-state index in [9.17, 15) is 4.79 Å². The normalized spacial score (nSPS) is 11.1. The molecule has 1 aromatic carbocycles. The first kappa shape index (κ1) is 11.7. The Morgan fingerprint density at radius 1 is 1.37 bits per heavy atom. The van der Waals surface area contributed by atoms with Crippen LogP contribution in [0.25, 0.3) is 16.7 Å². The van der Waals surface area contributed by atoms with E-state index < -0.39 is 0 Å². The number of imidazole rings is 1. The molecule has 4 heteroatoms. The summed E-state index contributed by atoms with van der Waals surface area (Å²) in [5.74, 6) is -0.297. The number of para-hydroxylation sites is 2. The number of pyridine rings is 1. The predicted octanol–water partition coefficient (Wildman–Crippen LogP) is 2.97. The van der Waals surface area contributed by atoms with Crippen LogP contribution in [0.5, 0.6) is 0 Å². The van der Waals surface area contributed by atoms with Crippen molar-refractivity contribution in [2.24, 2.45) is 0 Å². The van der Waals surface area contributed by atoms with E-state index in [2.05, 4.69) is 4.98 Å². The van der Waals surface area contributed by atoms with Crippen LogP contribution in [-0.2, 0) is 4.74 Å². The van der Waals surface area contributed by atoms with Crippen molar-refractivity contribution in [1.82, 2.24) is 9.38 Å². The average molecular weight is 254 g/mol. The predicted molar refractivity (Wildman–Crippen MR) is 73.4 cm³/mol. The molecule has 0 amide bonds. The maximum Gasteiger partial charge on any atom is 0.338 e. The molecule has 0 radical (unpaired) electrons. The molecule has 0 aliphatic heterocycles. The van der Waals surface area contributed by atoms with Crippen molar-refractivity contribution >= 4 is 22.6 Å². The number of carbonyl (C=O) groups is 1. The molecule has 0 fully saturated rings. The number of esters is 1. The van der Waals surface area contributed by atoms with E-state index in [1.54, 1.807) is 13.0 Å². The highest BCUT2D eigenvalue weighted by atomic mass is 16.5. The Kier molecular flexibility index (Phi) is 2.71. The van der Waals surface area contributed by atoms with Gasteiger partial charge >= 0.3 is 5.97 Å². The zero-order chi connectivity index (χ0) is 13.4. The number of fused-ring (bicyclic) bond motifs is 3. The first-order valence-corrected chi connectivity index (χ1v) is 6.25. The molecule has 0 bridgehead atoms. The summed E-state index contributed by atoms with van der Waals surface area (Å²) in [4.78, 5) is 16.4. The molecule has 0 aliphatic carbocycles. The van der Waals surface area contributed by atoms with Crippen molar-refractivity contribution in [3.8, 4) is 0 Å². The zero-order valence-electron chi connectivity index (χ0n) is 10.9. The fourth-order valence-corrected chi connectivity index (χ4v) is 2.24. The van der Waals surface area contributed by atoms with Gasteiger partial charge in [-0.05, 0) is 37.6 Å². The van der Waals surface area contributed by atoms with Crippen molar-refractivity contribution in [1.29, 1.82) is 0 Å². The van der Waals surface area contributed by atoms with Gasteiger partial charge in [-0.25, -0.2) is 9.78 Å². The Hall–Kier alpha value is -2.36. The van der Waals surface area contributed by atoms with Crippen molar-refractivity contribution in [3.05, 3.63) is 47.7 Å². The van der Waals surface area contributed by atoms with E-state index in [-0.39, 0.29) is 5.97 Å². The first-order chi connectivity index (χ1) is 9.20. The first-order valence-electron chi connectivity index (χ1n) is 6.25. The van der Waals surface area contributed by atoms with Crippen LogP contribution >= 0.6 is 0 Å². The summed E-state index contributed by atoms with van der Waals surface area (Å²) >= 11 is 0. The molecule has 3 rings (SSSR count). The van der Waals surface area contributed by atoms with Gasteiger partial charge in [0.2, 0.25) is 0 Å². The lowest BCUT2D eigenvalue weighted by atomic mass is 10.1. The average Bonchev–Trinajstić information content (AvgIpc) is 2.76. The molecule has 2 heterocycles. The molecule has 0 unspecified atom stereocenters. The fraction of sp³-hybridized carbons (Fsp3) is 0.200. The molecule has 4 nitrogen and oxygen atoms in total. The number of hydrogen-bond acceptors (Lipinski definition) is 3. The van der Waals surface area contributed by atoms with Crippen LogP contribution in [0.1, 0.15) is 22.8 Å². The number of ether oxygens (including phenoxy) is 1. The Balaban J connectivity index is 2.25. The second kappa shape index (κ2) is 4.39. The Bertz CT molecular complexity index is 774. The molecule has 0 spiro atoms. The third-order valence-corrected chi connectivity index (χ3v) is 3.14. The van der Waals surface area contributed by atoms with Gasteiger partial charge in [-0.3, -0.25) is 4.40 Å². The summed E-state index contributed by atoms with van der Waals surface area (Å²) in [6.07, 6.45) is 1.93. The summed E-state index contributed by atoms with van der Waals surface area (Å²) in [6, 6.07) is 9.69. The van der Waals surface area contributed by atoms with Crippen molar-refractivity contribution < 1.29 is 9.53 Å². The SMILES string of the molecule is CCOC(=O)c1cc2nc3ccccc3n2cc1C. The quantitative estimate of drug-likeness (QED) is 0.660. The third kappa shape index (κ3) is 1.85. The standard InChI is InChI=1S/C15H14N2O2/c1-3-19-15(18)11-8-14-16-12-6-4-5-7-13(12)17(14)9-10(11)2/h4-9H,3H2,1-2H3. The summed E-state index contributed by atoms with van der Waals surface area (Å²) < 4.78 is 7.05. The van der Waals surface area contributed by atoms with Crippen molar-refractivity contribution in [2.45, 2.75) is 13.8 Å². The van der Waals surface area contributed by atoms with E-state index in [0.717, 1.165) is 22.2 Å². The molecular weight excluding hydrogens is 240 g/mol. The summed E-state index contributed by atoms with van der Waals surface area (Å²) in [5.41, 5.74) is 4.17. The Labute approximate surface area is 110 Å². The number of carbonyl (C=O) groups excluding carboxylic acids is 1. The van der Waals surface area contributed by atoms with Crippen LogP contribution in [0, 0.1) is 6.92 Å². The second-order valence-corrected chi connectivity index (χ2v) is 4.42. The lowest BCUT2D eigenvalue weighted by Crippen LogP contribution is -2.07. The van der Waals surface area contributed by atoms with Crippen LogP contribution in [0.15, 0.2) is 36.5 Å². The van der Waals surface area contributed by atoms with Crippen LogP contribution in [0.2, 0.25) is 0 Å². The van der Waals surface area contributed by atoms with E-state index in [4.69, 9.17) is 4.74 Å². The maximum atomic E-state index is 11.9. The van der Waals surface area contributed by atoms with Gasteiger partial charge in [0, 0.05) is 6.20 Å². The molecule has 3 aromatic rings. The summed E-state index contributed by atoms with van der Waals surface area (Å²) in [7, 11) is 0. The van der Waals surface area contributed by atoms with Gasteiger partial charge in [0.05, 0.1) is 23.2 Å². The minimum atomic E-state index is -0.297. The van der Waals surface area contributed by atoms with Crippen LogP contribution in [0.4, 0.5) is 0 Å². The zero-order valence-corrected chi connectivity index (χ0v) is 10.9. The Morgan fingerprint density at radius 3 is 2.95 bits per heavy atom. The van der Waals surface area contributed by atoms with Gasteiger partial charge < -0.3 is 4.74 Å². The van der Waals surface area contributed by atoms with E-state index in [1.807, 2.05) is 41.8 Å². The number of rotatable bonds is 2. The third-order valence-electron chi connectivity index (χ3n) is 3.14. The van der Waals surface area contributed by atoms with E-state index in [1.165, 1.54) is 0 Å². The molecule has 0 aliphatic rings. The summed E-state index contributed by atoms with van der Waals surface area (Å²) in [5, 5.41) is 0. The smallest absolute Gasteiger partial charge is 0.338 e. The molecule has 19 heavy (non-hydrogen) atoms. The molecule has 96 valence electrons. The van der Waals surface area contributed by atoms with Gasteiger partial charge in [0.15, 0.2) is 0 Å². The number of benzene rings is 1. The topological polar surface area (TPSA) is 43.6 Å². The lowest BCUT2D eigenvalue weighted by Gasteiger charge is -2.06. The summed E-state index contributed by atoms with van der Waals surface area (Å²) in [6.45, 7) is 4.08. The molecule has 2 aromatic heterocycles. The van der Waals surface area contributed by atoms with Gasteiger partial charge in [-0.2, -0.15) is 0 Å². The van der Waals surface area contributed by atoms with Gasteiger partial charge in [0.25, 0.3) is 0 Å². The second-order valence-electron chi connectivity index (χ2n) is 4.42. The van der Waals surface area contributed by atoms with Crippen LogP contribution in [-0.4, -0.2) is 22.0 Å². The monoisotopic (exact) mass is 254 g/mol. The highest BCUT2D eigenvalue weighted by Crippen LogP contribution is 2.20. The molecule has 0 N–H and O–H groups in total. The number of aromatic nitrogens is 2. The van der Waals surface area contributed by atoms with Crippen LogP contribution in [0.3, 0.4) is 0 Å². The van der Waals surface area contributed by atoms with Crippen molar-refractivity contribution in [2.75, 3.05) is 6.61 Å². The molecule has 0 saturated carbocycles. The van der Waals surface area contributed by atoms with Crippen LogP contribution < -0.4 is 0 Å². The van der Waals surface area contributed by atoms with E-state index >= 15 is 0 Å². The molecular formula is C15H14N2O2. The largest absolute Gasteiger partial charge is 0.462 e. The lowest BCUT2D eigenvalue weighted by molar-refractivity contribution is 0.0525. The Morgan fingerprint density at radius 2 is 2.16 bits per heavy atom. The minimum absolute atomic E-state index is 0.297. The van der Waals surface area contributed by atoms with E-state index in [0.29, 0.717) is 12.2 Å². The highest BCUT2D eigenvalue weighted by molar-refractivity contribution is 5.93. The maximum absolute atomic E-state index is 11.9. The number of nitrogens with zero attached hydrogens (tertiary/aromatic N) is 2. The highest BCUT2D eigenvalue weighted by Gasteiger charge is 2.13. The van der Waals surface area contributed by atoms with Crippen molar-refractivity contribution in [3.63, 3.8) is 0 Å². The van der Waals surface area contributed by atoms with Gasteiger partial charge in [-0.15, -0.1) is 0 Å². The number of aryl methyl sites for hydroxylation is 1. The number of hydrogen-bond donors (Lipinski definition) is 0. The molecule has 0 saturated heterocycles. The molecule has 0 atom stereocenters. The fourth-order valence-electron chi connectivity index (χ4n) is 2.24. The van der Waals surface area contributed by atoms with Gasteiger partial charge in [-0.1, -0.05) is 12.1 Å².